The van der Waals surface area contributed by atoms with Crippen LogP contribution in [0.4, 0.5) is 28.0 Å². The van der Waals surface area contributed by atoms with Crippen molar-refractivity contribution in [1.82, 2.24) is 5.32 Å². The lowest BCUT2D eigenvalue weighted by Gasteiger charge is -2.48. The summed E-state index contributed by atoms with van der Waals surface area (Å²) in [4.78, 5) is 12.7. The molecule has 1 aliphatic carbocycles. The summed E-state index contributed by atoms with van der Waals surface area (Å²) in [6.07, 6.45) is -6.01. The average molecular weight is 462 g/mol. The van der Waals surface area contributed by atoms with Crippen molar-refractivity contribution in [2.75, 3.05) is 5.32 Å². The topological polar surface area (TPSA) is 81.6 Å². The van der Waals surface area contributed by atoms with Gasteiger partial charge in [-0.25, -0.2) is 9.18 Å². The lowest BCUT2D eigenvalue weighted by Crippen LogP contribution is -2.61. The number of phenolic OH excluding ortho intramolecular Hbond substituents is 1. The zero-order valence-corrected chi connectivity index (χ0v) is 17.8. The van der Waals surface area contributed by atoms with E-state index in [9.17, 15) is 32.6 Å². The minimum Gasteiger partial charge on any atom is -0.505 e. The molecular weight excluding hydrogens is 440 g/mol. The molecule has 2 atom stereocenters. The van der Waals surface area contributed by atoms with Crippen LogP contribution >= 0.6 is 0 Å². The predicted octanol–water partition coefficient (Wildman–Crippen LogP) is 5.52. The second-order valence-corrected chi connectivity index (χ2v) is 8.94. The van der Waals surface area contributed by atoms with Crippen LogP contribution in [0.2, 0.25) is 0 Å². The van der Waals surface area contributed by atoms with E-state index < -0.39 is 47.3 Å². The molecule has 0 heterocycles. The van der Waals surface area contributed by atoms with E-state index in [1.165, 1.54) is 13.8 Å². The van der Waals surface area contributed by atoms with Crippen LogP contribution < -0.4 is 10.6 Å². The van der Waals surface area contributed by atoms with Gasteiger partial charge in [0.25, 0.3) is 0 Å². The summed E-state index contributed by atoms with van der Waals surface area (Å²) >= 11 is 0. The minimum absolute atomic E-state index is 0.0903. The van der Waals surface area contributed by atoms with Gasteiger partial charge < -0.3 is 20.8 Å². The number of hydrogen-bond donors (Lipinski definition) is 4. The molecule has 0 saturated heterocycles. The summed E-state index contributed by atoms with van der Waals surface area (Å²) in [7, 11) is 0. The number of fused-ring (bicyclic) bond motifs is 2. The average Bonchev–Trinajstić information content (AvgIpc) is 2.72. The molecule has 3 aromatic carbocycles. The number of aromatic hydroxyl groups is 1. The highest BCUT2D eigenvalue weighted by Crippen LogP contribution is 2.55. The van der Waals surface area contributed by atoms with Gasteiger partial charge in [0.2, 0.25) is 0 Å². The van der Waals surface area contributed by atoms with Crippen molar-refractivity contribution in [2.45, 2.75) is 43.5 Å². The Kier molecular flexibility index (Phi) is 5.28. The number of urea groups is 1. The van der Waals surface area contributed by atoms with Crippen molar-refractivity contribution < 1.29 is 32.6 Å². The van der Waals surface area contributed by atoms with Gasteiger partial charge in [0.1, 0.15) is 0 Å². The summed E-state index contributed by atoms with van der Waals surface area (Å²) in [5, 5.41) is 27.5. The fraction of sp³-hybridized carbons (Fsp3) is 0.292. The molecule has 9 heteroatoms. The lowest BCUT2D eigenvalue weighted by atomic mass is 9.63. The molecule has 2 amide bonds. The highest BCUT2D eigenvalue weighted by molar-refractivity contribution is 5.93. The molecule has 0 radical (unpaired) electrons. The number of aliphatic hydroxyl groups is 1. The summed E-state index contributed by atoms with van der Waals surface area (Å²) in [5.41, 5.74) is -4.75. The molecular formula is C24H22F4N2O3. The Morgan fingerprint density at radius 2 is 1.73 bits per heavy atom. The van der Waals surface area contributed by atoms with Gasteiger partial charge in [0.05, 0.1) is 6.04 Å². The first-order chi connectivity index (χ1) is 15.3. The number of halogens is 4. The number of alkyl halides is 3. The number of phenols is 1. The first-order valence-corrected chi connectivity index (χ1v) is 10.2. The van der Waals surface area contributed by atoms with E-state index in [4.69, 9.17) is 0 Å². The van der Waals surface area contributed by atoms with Crippen LogP contribution in [0.15, 0.2) is 54.6 Å². The number of amides is 2. The normalized spacial score (nSPS) is 22.0. The zero-order chi connectivity index (χ0) is 24.2. The fourth-order valence-corrected chi connectivity index (χ4v) is 4.68. The molecule has 1 aliphatic rings. The quantitative estimate of drug-likeness (QED) is 0.379. The number of carbonyl (C=O) groups excluding carboxylic acids is 1. The highest BCUT2D eigenvalue weighted by Gasteiger charge is 2.64. The van der Waals surface area contributed by atoms with Crippen LogP contribution in [0, 0.1) is 5.82 Å². The predicted molar refractivity (Wildman–Crippen MR) is 116 cm³/mol. The number of rotatable bonds is 2. The Bertz CT molecular complexity index is 1240. The molecule has 4 rings (SSSR count). The van der Waals surface area contributed by atoms with Gasteiger partial charge in [-0.3, -0.25) is 0 Å². The summed E-state index contributed by atoms with van der Waals surface area (Å²) in [6, 6.07) is 11.2. The Morgan fingerprint density at radius 3 is 2.39 bits per heavy atom. The van der Waals surface area contributed by atoms with Crippen LogP contribution in [0.25, 0.3) is 10.8 Å². The van der Waals surface area contributed by atoms with Crippen LogP contribution in [0.3, 0.4) is 0 Å². The van der Waals surface area contributed by atoms with E-state index in [-0.39, 0.29) is 11.1 Å². The smallest absolute Gasteiger partial charge is 0.419 e. The zero-order valence-electron chi connectivity index (χ0n) is 17.8. The van der Waals surface area contributed by atoms with E-state index in [0.717, 1.165) is 22.9 Å². The molecule has 5 nitrogen and oxygen atoms in total. The van der Waals surface area contributed by atoms with Crippen molar-refractivity contribution in [2.24, 2.45) is 0 Å². The van der Waals surface area contributed by atoms with Crippen molar-refractivity contribution in [3.05, 3.63) is 71.5 Å². The van der Waals surface area contributed by atoms with Crippen LogP contribution in [0.1, 0.15) is 37.4 Å². The molecule has 0 aromatic heterocycles. The Labute approximate surface area is 187 Å². The molecule has 0 aliphatic heterocycles. The van der Waals surface area contributed by atoms with Crippen molar-refractivity contribution >= 4 is 22.5 Å². The maximum atomic E-state index is 14.1. The van der Waals surface area contributed by atoms with Crippen molar-refractivity contribution in [3.63, 3.8) is 0 Å². The first-order valence-electron chi connectivity index (χ1n) is 10.2. The van der Waals surface area contributed by atoms with E-state index in [1.54, 1.807) is 18.2 Å². The molecule has 174 valence electrons. The Hall–Kier alpha value is -3.33. The van der Waals surface area contributed by atoms with Gasteiger partial charge >= 0.3 is 12.2 Å². The largest absolute Gasteiger partial charge is 0.505 e. The van der Waals surface area contributed by atoms with Gasteiger partial charge in [-0.1, -0.05) is 50.2 Å². The molecule has 4 N–H and O–H groups in total. The Balaban J connectivity index is 1.73. The van der Waals surface area contributed by atoms with Gasteiger partial charge in [-0.05, 0) is 46.4 Å². The standard InChI is InChI=1S/C24H22F4N2O3/c1-22(2)12-23(33,24(26,27)28)20(16-9-10-17(25)19(31)18(16)22)30-21(32)29-15-8-7-13-5-3-4-6-14(13)11-15/h3-11,20,31,33H,12H2,1-2H3,(H2,29,30,32). The lowest BCUT2D eigenvalue weighted by molar-refractivity contribution is -0.280. The van der Waals surface area contributed by atoms with E-state index in [0.29, 0.717) is 5.69 Å². The second kappa shape index (κ2) is 7.62. The van der Waals surface area contributed by atoms with Crippen molar-refractivity contribution in [1.29, 1.82) is 0 Å². The molecule has 33 heavy (non-hydrogen) atoms. The molecule has 0 bridgehead atoms. The molecule has 0 spiro atoms. The van der Waals surface area contributed by atoms with Gasteiger partial charge in [0.15, 0.2) is 17.2 Å². The molecule has 0 fully saturated rings. The highest BCUT2D eigenvalue weighted by atomic mass is 19.4. The van der Waals surface area contributed by atoms with E-state index >= 15 is 0 Å². The number of hydrogen-bond acceptors (Lipinski definition) is 3. The number of benzene rings is 3. The second-order valence-electron chi connectivity index (χ2n) is 8.94. The Morgan fingerprint density at radius 1 is 1.06 bits per heavy atom. The van der Waals surface area contributed by atoms with Crippen molar-refractivity contribution in [3.8, 4) is 5.75 Å². The first kappa shape index (κ1) is 22.8. The van der Waals surface area contributed by atoms with Crippen LogP contribution in [0.5, 0.6) is 5.75 Å². The van der Waals surface area contributed by atoms with Gasteiger partial charge in [-0.2, -0.15) is 13.2 Å². The minimum atomic E-state index is -5.12. The van der Waals surface area contributed by atoms with E-state index in [1.807, 2.05) is 24.3 Å². The fourth-order valence-electron chi connectivity index (χ4n) is 4.68. The van der Waals surface area contributed by atoms with Crippen LogP contribution in [-0.2, 0) is 5.41 Å². The SMILES string of the molecule is CC1(C)CC(O)(C(F)(F)F)C(NC(=O)Nc2ccc3ccccc3c2)c2ccc(F)c(O)c21. The summed E-state index contributed by atoms with van der Waals surface area (Å²) in [5.74, 6) is -1.80. The number of carbonyl (C=O) groups is 1. The summed E-state index contributed by atoms with van der Waals surface area (Å²) < 4.78 is 56.3. The summed E-state index contributed by atoms with van der Waals surface area (Å²) in [6.45, 7) is 2.74. The monoisotopic (exact) mass is 462 g/mol. The third-order valence-electron chi connectivity index (χ3n) is 6.11. The molecule has 3 aromatic rings. The third-order valence-corrected chi connectivity index (χ3v) is 6.11. The van der Waals surface area contributed by atoms with Crippen LogP contribution in [-0.4, -0.2) is 28.0 Å². The van der Waals surface area contributed by atoms with Gasteiger partial charge in [-0.15, -0.1) is 0 Å². The maximum absolute atomic E-state index is 14.1. The number of nitrogens with one attached hydrogen (secondary N) is 2. The van der Waals surface area contributed by atoms with Gasteiger partial charge in [0, 0.05) is 11.3 Å². The molecule has 2 unspecified atom stereocenters. The maximum Gasteiger partial charge on any atom is 0.419 e. The molecule has 0 saturated carbocycles. The van der Waals surface area contributed by atoms with E-state index in [2.05, 4.69) is 10.6 Å². The third kappa shape index (κ3) is 3.86. The number of anilines is 1.